The molecule has 4 rings (SSSR count). The second kappa shape index (κ2) is 8.68. The van der Waals surface area contributed by atoms with Gasteiger partial charge in [0.15, 0.2) is 0 Å². The first-order valence-corrected chi connectivity index (χ1v) is 8.82. The lowest BCUT2D eigenvalue weighted by molar-refractivity contribution is 0.308. The summed E-state index contributed by atoms with van der Waals surface area (Å²) in [6.07, 6.45) is 0. The van der Waals surface area contributed by atoms with E-state index in [0.717, 1.165) is 22.0 Å². The van der Waals surface area contributed by atoms with Crippen LogP contribution in [0.15, 0.2) is 84.9 Å². The van der Waals surface area contributed by atoms with Gasteiger partial charge in [0.1, 0.15) is 18.1 Å². The third-order valence-electron chi connectivity index (χ3n) is 4.15. The molecule has 142 valence electrons. The number of fused-ring (bicyclic) bond motifs is 1. The van der Waals surface area contributed by atoms with E-state index in [1.807, 2.05) is 66.7 Å². The van der Waals surface area contributed by atoms with Crippen molar-refractivity contribution in [3.63, 3.8) is 0 Å². The predicted octanol–water partition coefficient (Wildman–Crippen LogP) is 4.56. The van der Waals surface area contributed by atoms with Gasteiger partial charge in [-0.3, -0.25) is 0 Å². The van der Waals surface area contributed by atoms with Gasteiger partial charge in [-0.15, -0.1) is 0 Å². The van der Waals surface area contributed by atoms with E-state index in [-0.39, 0.29) is 0 Å². The molecule has 5 nitrogen and oxygen atoms in total. The Balaban J connectivity index is 0.000000167. The number of phenols is 1. The van der Waals surface area contributed by atoms with Crippen molar-refractivity contribution in [3.05, 3.63) is 90.5 Å². The van der Waals surface area contributed by atoms with Crippen LogP contribution in [0, 0.1) is 0 Å². The van der Waals surface area contributed by atoms with Gasteiger partial charge in [-0.05, 0) is 59.5 Å². The van der Waals surface area contributed by atoms with Crippen molar-refractivity contribution >= 4 is 27.8 Å². The fraction of sp³-hybridized carbons (Fsp3) is 0.0435. The Morgan fingerprint density at radius 3 is 2.25 bits per heavy atom. The van der Waals surface area contributed by atoms with E-state index in [1.165, 1.54) is 0 Å². The lowest BCUT2D eigenvalue weighted by Crippen LogP contribution is -1.99. The largest absolute Gasteiger partial charge is 0.507 e. The number of nitrogen functional groups attached to an aromatic ring is 3. The Kier molecular flexibility index (Phi) is 5.87. The topological polar surface area (TPSA) is 108 Å². The van der Waals surface area contributed by atoms with Crippen LogP contribution in [-0.2, 0) is 6.61 Å². The zero-order valence-electron chi connectivity index (χ0n) is 15.4. The molecule has 0 aliphatic heterocycles. The number of aromatic hydroxyl groups is 1. The summed E-state index contributed by atoms with van der Waals surface area (Å²) in [5.41, 5.74) is 20.2. The van der Waals surface area contributed by atoms with Gasteiger partial charge in [-0.1, -0.05) is 36.4 Å². The molecule has 0 atom stereocenters. The average Bonchev–Trinajstić information content (AvgIpc) is 2.68. The second-order valence-corrected chi connectivity index (χ2v) is 6.33. The summed E-state index contributed by atoms with van der Waals surface area (Å²) >= 11 is 0. The predicted molar refractivity (Wildman–Crippen MR) is 116 cm³/mol. The van der Waals surface area contributed by atoms with Crippen LogP contribution in [0.2, 0.25) is 0 Å². The number of rotatable bonds is 3. The summed E-state index contributed by atoms with van der Waals surface area (Å²) in [6, 6.07) is 25.9. The second-order valence-electron chi connectivity index (χ2n) is 6.33. The molecule has 0 saturated heterocycles. The fourth-order valence-electron chi connectivity index (χ4n) is 2.74. The number of anilines is 3. The molecular weight excluding hydrogens is 350 g/mol. The SMILES string of the molecule is Nc1ccc2c(O)cccc2c1.Nc1cccc(COc2ccccc2N)c1. The minimum Gasteiger partial charge on any atom is -0.507 e. The number of benzene rings is 4. The average molecular weight is 373 g/mol. The lowest BCUT2D eigenvalue weighted by Gasteiger charge is -2.08. The molecule has 0 unspecified atom stereocenters. The Labute approximate surface area is 164 Å². The van der Waals surface area contributed by atoms with E-state index in [1.54, 1.807) is 18.2 Å². The highest BCUT2D eigenvalue weighted by atomic mass is 16.5. The zero-order valence-corrected chi connectivity index (χ0v) is 15.4. The molecule has 4 aromatic carbocycles. The standard InChI is InChI=1S/C13H14N2O.C10H9NO/c14-11-5-3-4-10(8-11)9-16-13-7-2-1-6-12(13)15;11-8-4-5-9-7(6-8)2-1-3-10(9)12/h1-8H,9,14-15H2;1-6,12H,11H2. The highest BCUT2D eigenvalue weighted by Gasteiger charge is 2.00. The molecule has 0 heterocycles. The highest BCUT2D eigenvalue weighted by molar-refractivity contribution is 5.90. The van der Waals surface area contributed by atoms with Crippen molar-refractivity contribution in [3.8, 4) is 11.5 Å². The maximum absolute atomic E-state index is 9.42. The molecule has 0 radical (unpaired) electrons. The van der Waals surface area contributed by atoms with Gasteiger partial charge < -0.3 is 27.0 Å². The van der Waals surface area contributed by atoms with E-state index in [9.17, 15) is 5.11 Å². The summed E-state index contributed by atoms with van der Waals surface area (Å²) < 4.78 is 5.60. The van der Waals surface area contributed by atoms with E-state index in [0.29, 0.717) is 29.5 Å². The molecule has 0 saturated carbocycles. The molecule has 28 heavy (non-hydrogen) atoms. The Morgan fingerprint density at radius 2 is 1.46 bits per heavy atom. The Bertz CT molecular complexity index is 1080. The first-order valence-electron chi connectivity index (χ1n) is 8.82. The van der Waals surface area contributed by atoms with Crippen LogP contribution in [0.5, 0.6) is 11.5 Å². The molecule has 0 aliphatic rings. The number of hydrogen-bond acceptors (Lipinski definition) is 5. The molecule has 0 aliphatic carbocycles. The molecule has 0 amide bonds. The van der Waals surface area contributed by atoms with Gasteiger partial charge >= 0.3 is 0 Å². The van der Waals surface area contributed by atoms with Gasteiger partial charge in [0, 0.05) is 16.8 Å². The summed E-state index contributed by atoms with van der Waals surface area (Å²) in [6.45, 7) is 0.471. The molecule has 5 heteroatoms. The van der Waals surface area contributed by atoms with Crippen LogP contribution < -0.4 is 21.9 Å². The number of phenolic OH excluding ortho intramolecular Hbond substituents is 1. The van der Waals surface area contributed by atoms with Crippen molar-refractivity contribution in [2.75, 3.05) is 17.2 Å². The normalized spacial score (nSPS) is 10.1. The van der Waals surface area contributed by atoms with Crippen LogP contribution in [0.3, 0.4) is 0 Å². The van der Waals surface area contributed by atoms with Crippen molar-refractivity contribution in [2.24, 2.45) is 0 Å². The van der Waals surface area contributed by atoms with Gasteiger partial charge in [0.25, 0.3) is 0 Å². The molecule has 0 aromatic heterocycles. The number of ether oxygens (including phenoxy) is 1. The van der Waals surface area contributed by atoms with E-state index in [4.69, 9.17) is 21.9 Å². The summed E-state index contributed by atoms with van der Waals surface area (Å²) in [5, 5.41) is 11.2. The smallest absolute Gasteiger partial charge is 0.142 e. The van der Waals surface area contributed by atoms with E-state index < -0.39 is 0 Å². The quantitative estimate of drug-likeness (QED) is 0.394. The van der Waals surface area contributed by atoms with E-state index >= 15 is 0 Å². The minimum atomic E-state index is 0.299. The summed E-state index contributed by atoms with van der Waals surface area (Å²) in [5.74, 6) is 0.998. The van der Waals surface area contributed by atoms with Crippen molar-refractivity contribution < 1.29 is 9.84 Å². The first-order chi connectivity index (χ1) is 13.5. The maximum atomic E-state index is 9.42. The van der Waals surface area contributed by atoms with Crippen molar-refractivity contribution in [1.29, 1.82) is 0 Å². The fourth-order valence-corrected chi connectivity index (χ4v) is 2.74. The molecule has 7 N–H and O–H groups in total. The highest BCUT2D eigenvalue weighted by Crippen LogP contribution is 2.25. The third kappa shape index (κ3) is 4.86. The number of nitrogens with two attached hydrogens (primary N) is 3. The Hall–Kier alpha value is -3.86. The molecule has 0 fully saturated rings. The van der Waals surface area contributed by atoms with Crippen LogP contribution in [0.1, 0.15) is 5.56 Å². The molecule has 4 aromatic rings. The monoisotopic (exact) mass is 373 g/mol. The maximum Gasteiger partial charge on any atom is 0.142 e. The van der Waals surface area contributed by atoms with Crippen molar-refractivity contribution in [2.45, 2.75) is 6.61 Å². The van der Waals surface area contributed by atoms with Gasteiger partial charge in [-0.2, -0.15) is 0 Å². The minimum absolute atomic E-state index is 0.299. The van der Waals surface area contributed by atoms with Gasteiger partial charge in [0.05, 0.1) is 5.69 Å². The van der Waals surface area contributed by atoms with E-state index in [2.05, 4.69) is 0 Å². The zero-order chi connectivity index (χ0) is 19.9. The molecular formula is C23H23N3O2. The first kappa shape index (κ1) is 18.9. The number of para-hydroxylation sites is 2. The third-order valence-corrected chi connectivity index (χ3v) is 4.15. The van der Waals surface area contributed by atoms with Crippen LogP contribution in [-0.4, -0.2) is 5.11 Å². The van der Waals surface area contributed by atoms with Gasteiger partial charge in [-0.25, -0.2) is 0 Å². The van der Waals surface area contributed by atoms with Crippen LogP contribution in [0.4, 0.5) is 17.1 Å². The van der Waals surface area contributed by atoms with Crippen molar-refractivity contribution in [1.82, 2.24) is 0 Å². The summed E-state index contributed by atoms with van der Waals surface area (Å²) in [7, 11) is 0. The lowest BCUT2D eigenvalue weighted by atomic mass is 10.1. The van der Waals surface area contributed by atoms with Gasteiger partial charge in [0.2, 0.25) is 0 Å². The number of hydrogen-bond donors (Lipinski definition) is 4. The molecule has 0 bridgehead atoms. The molecule has 0 spiro atoms. The Morgan fingerprint density at radius 1 is 0.714 bits per heavy atom. The van der Waals surface area contributed by atoms with Crippen LogP contribution in [0.25, 0.3) is 10.8 Å². The van der Waals surface area contributed by atoms with Crippen LogP contribution >= 0.6 is 0 Å². The summed E-state index contributed by atoms with van der Waals surface area (Å²) in [4.78, 5) is 0.